The zero-order valence-corrected chi connectivity index (χ0v) is 37.4. The second-order valence-corrected chi connectivity index (χ2v) is 15.0. The number of esters is 6. The van der Waals surface area contributed by atoms with Crippen molar-refractivity contribution in [3.05, 3.63) is 145 Å². The van der Waals surface area contributed by atoms with Crippen LogP contribution in [0.1, 0.15) is 92.8 Å². The minimum atomic E-state index is -1.79. The van der Waals surface area contributed by atoms with E-state index >= 15 is 0 Å². The second kappa shape index (κ2) is 26.2. The molecule has 0 unspecified atom stereocenters. The number of benzene rings is 4. The van der Waals surface area contributed by atoms with Gasteiger partial charge in [-0.05, 0) is 148 Å². The molecule has 2 atom stereocenters. The molecule has 1 saturated heterocycles. The second-order valence-electron chi connectivity index (χ2n) is 15.0. The lowest BCUT2D eigenvalue weighted by atomic mass is 10.2. The van der Waals surface area contributed by atoms with Crippen LogP contribution in [-0.4, -0.2) is 98.2 Å². The van der Waals surface area contributed by atoms with Crippen LogP contribution in [0.3, 0.4) is 0 Å². The Kier molecular flexibility index (Phi) is 19.6. The summed E-state index contributed by atoms with van der Waals surface area (Å²) in [5, 5.41) is 0. The molecule has 0 bridgehead atoms. The Balaban J connectivity index is 1.04. The molecule has 0 aromatic heterocycles. The number of hydrogen-bond acceptors (Lipinski definition) is 16. The van der Waals surface area contributed by atoms with E-state index in [0.29, 0.717) is 42.8 Å². The Bertz CT molecular complexity index is 2240. The van der Waals surface area contributed by atoms with Crippen LogP contribution in [0.5, 0.6) is 23.0 Å². The maximum Gasteiger partial charge on any atom is 0.343 e. The maximum atomic E-state index is 13.1. The number of likely N-dealkylation sites (tertiary alicyclic amines) is 1. The molecule has 0 aliphatic carbocycles. The lowest BCUT2D eigenvalue weighted by molar-refractivity contribution is -0.140. The highest BCUT2D eigenvalue weighted by molar-refractivity contribution is 6.10. The largest absolute Gasteiger partial charge is 0.494 e. The average Bonchev–Trinajstić information content (AvgIpc) is 3.54. The minimum Gasteiger partial charge on any atom is -0.494 e. The Morgan fingerprint density at radius 3 is 1.06 bits per heavy atom. The maximum absolute atomic E-state index is 13.1. The van der Waals surface area contributed by atoms with E-state index in [2.05, 4.69) is 13.2 Å². The summed E-state index contributed by atoms with van der Waals surface area (Å²) in [7, 11) is 1.16. The fourth-order valence-corrected chi connectivity index (χ4v) is 6.32. The van der Waals surface area contributed by atoms with E-state index in [1.807, 2.05) is 0 Å². The van der Waals surface area contributed by atoms with Gasteiger partial charge < -0.3 is 37.9 Å². The third-order valence-corrected chi connectivity index (χ3v) is 10.1. The van der Waals surface area contributed by atoms with Gasteiger partial charge in [0, 0.05) is 19.2 Å². The molecule has 0 spiro atoms. The molecule has 0 radical (unpaired) electrons. The molecular formula is C51H51NO16. The van der Waals surface area contributed by atoms with E-state index in [1.165, 1.54) is 48.5 Å². The number of ether oxygens (including phenoxy) is 8. The summed E-state index contributed by atoms with van der Waals surface area (Å²) in [5.41, 5.74) is 0.386. The SMILES string of the molecule is C=CC(=O)OCCCCCCOc1ccc(C(=O)Oc2ccc(C(=O)O[C@H]3C(=O)N(C)C(=O)[C@@H]3OC(=O)c3ccc(OC(=O)c4ccc(OCCCCCCOC(=O)C=C)cc4)cc3)cc2)cc1. The van der Waals surface area contributed by atoms with E-state index in [0.717, 1.165) is 70.6 Å². The molecule has 5 rings (SSSR count). The van der Waals surface area contributed by atoms with Crippen LogP contribution in [0, 0.1) is 0 Å². The molecule has 4 aromatic carbocycles. The van der Waals surface area contributed by atoms with Crippen molar-refractivity contribution in [3.63, 3.8) is 0 Å². The molecular weight excluding hydrogens is 883 g/mol. The third-order valence-electron chi connectivity index (χ3n) is 10.1. The summed E-state index contributed by atoms with van der Waals surface area (Å²) in [6, 6.07) is 23.3. The van der Waals surface area contributed by atoms with Gasteiger partial charge in [-0.2, -0.15) is 0 Å². The number of nitrogens with zero attached hydrogens (tertiary/aromatic N) is 1. The highest BCUT2D eigenvalue weighted by atomic mass is 16.6. The van der Waals surface area contributed by atoms with Gasteiger partial charge in [-0.25, -0.2) is 28.8 Å². The normalized spacial score (nSPS) is 14.0. The molecule has 0 saturated carbocycles. The first-order valence-electron chi connectivity index (χ1n) is 21.8. The van der Waals surface area contributed by atoms with Crippen molar-refractivity contribution in [1.82, 2.24) is 4.90 Å². The van der Waals surface area contributed by atoms with Crippen molar-refractivity contribution < 1.29 is 76.3 Å². The van der Waals surface area contributed by atoms with Crippen molar-refractivity contribution in [3.8, 4) is 23.0 Å². The number of imide groups is 1. The molecule has 68 heavy (non-hydrogen) atoms. The van der Waals surface area contributed by atoms with Crippen molar-refractivity contribution >= 4 is 47.6 Å². The number of carbonyl (C=O) groups excluding carboxylic acids is 8. The van der Waals surface area contributed by atoms with Gasteiger partial charge in [-0.3, -0.25) is 14.5 Å². The summed E-state index contributed by atoms with van der Waals surface area (Å²) in [5.74, 6) is -4.73. The van der Waals surface area contributed by atoms with Gasteiger partial charge in [0.05, 0.1) is 48.7 Å². The van der Waals surface area contributed by atoms with Gasteiger partial charge in [0.15, 0.2) is 0 Å². The van der Waals surface area contributed by atoms with E-state index in [-0.39, 0.29) is 33.8 Å². The van der Waals surface area contributed by atoms with Crippen molar-refractivity contribution in [2.45, 2.75) is 63.6 Å². The summed E-state index contributed by atoms with van der Waals surface area (Å²) in [6.45, 7) is 8.33. The first-order chi connectivity index (χ1) is 32.9. The number of likely N-dealkylation sites (N-methyl/N-ethyl adjacent to an activating group) is 1. The standard InChI is InChI=1S/C51H51NO16/c1-4-42(53)63-32-12-8-6-10-30-61-38-22-14-34(15-23-38)48(57)65-40-26-18-36(19-27-40)50(59)67-44-45(47(56)52(3)46(44)55)68-51(60)37-20-28-41(29-21-37)66-49(58)35-16-24-39(25-17-35)62-31-11-7-9-13-33-64-43(54)5-2/h4-5,14-29,44-45H,1-2,6-13,30-33H2,3H3/t44-,45-/m1/s1. The average molecular weight is 934 g/mol. The van der Waals surface area contributed by atoms with E-state index in [9.17, 15) is 38.4 Å². The van der Waals surface area contributed by atoms with Gasteiger partial charge >= 0.3 is 35.8 Å². The summed E-state index contributed by atoms with van der Waals surface area (Å²) in [4.78, 5) is 101. The molecule has 4 aromatic rings. The quantitative estimate of drug-likeness (QED) is 0.0152. The Hall–Kier alpha value is -8.08. The highest BCUT2D eigenvalue weighted by Crippen LogP contribution is 2.24. The van der Waals surface area contributed by atoms with E-state index < -0.39 is 59.8 Å². The van der Waals surface area contributed by atoms with Gasteiger partial charge in [0.1, 0.15) is 23.0 Å². The molecule has 0 N–H and O–H groups in total. The van der Waals surface area contributed by atoms with Crippen LogP contribution < -0.4 is 18.9 Å². The lowest BCUT2D eigenvalue weighted by Gasteiger charge is -2.17. The molecule has 1 aliphatic rings. The molecule has 2 amide bonds. The third kappa shape index (κ3) is 15.5. The molecule has 1 heterocycles. The monoisotopic (exact) mass is 933 g/mol. The van der Waals surface area contributed by atoms with Gasteiger partial charge in [0.2, 0.25) is 12.2 Å². The van der Waals surface area contributed by atoms with Gasteiger partial charge in [0.25, 0.3) is 11.8 Å². The highest BCUT2D eigenvalue weighted by Gasteiger charge is 2.51. The van der Waals surface area contributed by atoms with Crippen LogP contribution >= 0.6 is 0 Å². The number of carbonyl (C=O) groups is 8. The zero-order valence-electron chi connectivity index (χ0n) is 37.4. The fourth-order valence-electron chi connectivity index (χ4n) is 6.32. The zero-order chi connectivity index (χ0) is 48.8. The summed E-state index contributed by atoms with van der Waals surface area (Å²) in [6.07, 6.45) is 5.27. The van der Waals surface area contributed by atoms with E-state index in [4.69, 9.17) is 37.9 Å². The molecule has 356 valence electrons. The number of amides is 2. The Morgan fingerprint density at radius 1 is 0.441 bits per heavy atom. The predicted octanol–water partition coefficient (Wildman–Crippen LogP) is 7.21. The van der Waals surface area contributed by atoms with Crippen molar-refractivity contribution in [2.24, 2.45) is 0 Å². The fraction of sp³-hybridized carbons (Fsp3) is 0.294. The number of hydrogen-bond donors (Lipinski definition) is 0. The first-order valence-corrected chi connectivity index (χ1v) is 21.8. The van der Waals surface area contributed by atoms with Crippen LogP contribution in [0.2, 0.25) is 0 Å². The van der Waals surface area contributed by atoms with Gasteiger partial charge in [-0.15, -0.1) is 0 Å². The molecule has 17 heteroatoms. The van der Waals surface area contributed by atoms with Crippen molar-refractivity contribution in [2.75, 3.05) is 33.5 Å². The van der Waals surface area contributed by atoms with Crippen LogP contribution in [0.25, 0.3) is 0 Å². The summed E-state index contributed by atoms with van der Waals surface area (Å²) < 4.78 is 43.0. The topological polar surface area (TPSA) is 214 Å². The summed E-state index contributed by atoms with van der Waals surface area (Å²) >= 11 is 0. The minimum absolute atomic E-state index is 0.0536. The smallest absolute Gasteiger partial charge is 0.343 e. The van der Waals surface area contributed by atoms with E-state index in [1.54, 1.807) is 48.5 Å². The molecule has 17 nitrogen and oxygen atoms in total. The van der Waals surface area contributed by atoms with Crippen LogP contribution in [0.4, 0.5) is 0 Å². The molecule has 1 aliphatic heterocycles. The van der Waals surface area contributed by atoms with Gasteiger partial charge in [-0.1, -0.05) is 13.2 Å². The Morgan fingerprint density at radius 2 is 0.735 bits per heavy atom. The van der Waals surface area contributed by atoms with Crippen LogP contribution in [-0.2, 0) is 38.1 Å². The predicted molar refractivity (Wildman–Crippen MR) is 242 cm³/mol. The number of unbranched alkanes of at least 4 members (excludes halogenated alkanes) is 6. The Labute approximate surface area is 392 Å². The first kappa shape index (κ1) is 50.9. The van der Waals surface area contributed by atoms with Crippen LogP contribution in [0.15, 0.2) is 122 Å². The molecule has 1 fully saturated rings. The number of rotatable bonds is 26. The van der Waals surface area contributed by atoms with Crippen molar-refractivity contribution in [1.29, 1.82) is 0 Å². The lowest BCUT2D eigenvalue weighted by Crippen LogP contribution is -2.37.